The number of nitrogens with zero attached hydrogens (tertiary/aromatic N) is 2. The van der Waals surface area contributed by atoms with Crippen LogP contribution in [0.3, 0.4) is 0 Å². The second-order valence-electron chi connectivity index (χ2n) is 9.37. The van der Waals surface area contributed by atoms with Crippen molar-refractivity contribution in [2.75, 3.05) is 12.0 Å². The monoisotopic (exact) mass is 512 g/mol. The molecule has 1 aromatic heterocycles. The molecule has 1 saturated heterocycles. The molecule has 5 rings (SSSR count). The maximum atomic E-state index is 13.5. The minimum absolute atomic E-state index is 0.0426. The third kappa shape index (κ3) is 4.40. The Balaban J connectivity index is 1.69. The lowest BCUT2D eigenvalue weighted by Crippen LogP contribution is -2.29. The maximum Gasteiger partial charge on any atom is 0.301 e. The zero-order valence-electron chi connectivity index (χ0n) is 21.2. The van der Waals surface area contributed by atoms with Crippen molar-refractivity contribution in [1.29, 1.82) is 0 Å². The number of carbonyl (C=O) groups excluding carboxylic acids is 2. The van der Waals surface area contributed by atoms with Crippen LogP contribution in [0.25, 0.3) is 16.0 Å². The molecule has 1 amide bonds. The number of benzene rings is 3. The van der Waals surface area contributed by atoms with E-state index in [9.17, 15) is 14.7 Å². The van der Waals surface area contributed by atoms with Crippen molar-refractivity contribution in [3.63, 3.8) is 0 Å². The number of fused-ring (bicyclic) bond motifs is 1. The predicted molar refractivity (Wildman–Crippen MR) is 147 cm³/mol. The molecule has 1 aliphatic rings. The number of aliphatic hydroxyl groups excluding tert-OH is 1. The Kier molecular flexibility index (Phi) is 6.56. The first-order chi connectivity index (χ1) is 17.8. The molecule has 0 radical (unpaired) electrons. The second-order valence-corrected chi connectivity index (χ2v) is 10.4. The molecule has 188 valence electrons. The van der Waals surface area contributed by atoms with Crippen molar-refractivity contribution in [3.8, 4) is 5.75 Å². The number of ether oxygens (including phenoxy) is 1. The number of hydrogen-bond acceptors (Lipinski definition) is 6. The molecular formula is C30H28N2O4S. The highest BCUT2D eigenvalue weighted by molar-refractivity contribution is 7.22. The molecule has 0 aliphatic carbocycles. The van der Waals surface area contributed by atoms with Crippen LogP contribution < -0.4 is 9.64 Å². The van der Waals surface area contributed by atoms with Gasteiger partial charge < -0.3 is 9.84 Å². The first kappa shape index (κ1) is 24.7. The van der Waals surface area contributed by atoms with Gasteiger partial charge in [-0.25, -0.2) is 4.98 Å². The van der Waals surface area contributed by atoms with E-state index in [1.165, 1.54) is 21.8 Å². The quantitative estimate of drug-likeness (QED) is 0.178. The average Bonchev–Trinajstić information content (AvgIpc) is 3.45. The lowest BCUT2D eigenvalue weighted by atomic mass is 9.93. The van der Waals surface area contributed by atoms with E-state index in [4.69, 9.17) is 9.72 Å². The number of aliphatic hydroxyl groups is 1. The summed E-state index contributed by atoms with van der Waals surface area (Å²) in [7, 11) is 1.56. The molecule has 7 heteroatoms. The van der Waals surface area contributed by atoms with E-state index < -0.39 is 17.7 Å². The number of methoxy groups -OCH3 is 1. The highest BCUT2D eigenvalue weighted by atomic mass is 32.1. The van der Waals surface area contributed by atoms with Crippen molar-refractivity contribution >= 4 is 44.1 Å². The minimum Gasteiger partial charge on any atom is -0.507 e. The summed E-state index contributed by atoms with van der Waals surface area (Å²) < 4.78 is 6.16. The fourth-order valence-electron chi connectivity index (χ4n) is 4.59. The number of carbonyl (C=O) groups is 2. The van der Waals surface area contributed by atoms with Gasteiger partial charge in [0.05, 0.1) is 28.9 Å². The third-order valence-electron chi connectivity index (χ3n) is 6.78. The molecule has 0 bridgehead atoms. The van der Waals surface area contributed by atoms with Crippen LogP contribution in [-0.4, -0.2) is 28.9 Å². The SMILES string of the molecule is CCc1ccc2nc(N3C(=O)C(=O)C(=C(O)c4ccc(OC)cc4)[C@H]3c3ccc(C(C)C)cc3)sc2c1. The van der Waals surface area contributed by atoms with Crippen LogP contribution in [0.4, 0.5) is 5.13 Å². The molecule has 1 atom stereocenters. The van der Waals surface area contributed by atoms with Crippen LogP contribution >= 0.6 is 11.3 Å². The summed E-state index contributed by atoms with van der Waals surface area (Å²) in [6, 6.07) is 19.8. The number of ketones is 1. The fourth-order valence-corrected chi connectivity index (χ4v) is 5.65. The predicted octanol–water partition coefficient (Wildman–Crippen LogP) is 6.62. The van der Waals surface area contributed by atoms with Crippen molar-refractivity contribution in [2.45, 2.75) is 39.2 Å². The molecule has 0 spiro atoms. The summed E-state index contributed by atoms with van der Waals surface area (Å²) >= 11 is 1.37. The van der Waals surface area contributed by atoms with Gasteiger partial charge in [0.1, 0.15) is 11.5 Å². The average molecular weight is 513 g/mol. The van der Waals surface area contributed by atoms with Gasteiger partial charge in [-0.15, -0.1) is 0 Å². The first-order valence-corrected chi connectivity index (χ1v) is 13.1. The molecule has 4 aromatic rings. The van der Waals surface area contributed by atoms with E-state index in [1.807, 2.05) is 36.4 Å². The highest BCUT2D eigenvalue weighted by Crippen LogP contribution is 2.44. The maximum absolute atomic E-state index is 13.5. The summed E-state index contributed by atoms with van der Waals surface area (Å²) in [5.41, 5.74) is 4.28. The van der Waals surface area contributed by atoms with Gasteiger partial charge >= 0.3 is 5.91 Å². The van der Waals surface area contributed by atoms with Crippen molar-refractivity contribution < 1.29 is 19.4 Å². The van der Waals surface area contributed by atoms with Gasteiger partial charge in [-0.2, -0.15) is 0 Å². The number of anilines is 1. The zero-order chi connectivity index (χ0) is 26.3. The molecule has 1 aliphatic heterocycles. The van der Waals surface area contributed by atoms with Crippen LogP contribution in [0.15, 0.2) is 72.3 Å². The van der Waals surface area contributed by atoms with Gasteiger partial charge in [0.2, 0.25) is 0 Å². The van der Waals surface area contributed by atoms with Crippen LogP contribution in [-0.2, 0) is 16.0 Å². The normalized spacial score (nSPS) is 17.2. The van der Waals surface area contributed by atoms with Gasteiger partial charge in [-0.05, 0) is 65.4 Å². The van der Waals surface area contributed by atoms with Gasteiger partial charge in [-0.1, -0.05) is 62.4 Å². The topological polar surface area (TPSA) is 79.7 Å². The Morgan fingerprint density at radius 2 is 1.76 bits per heavy atom. The summed E-state index contributed by atoms with van der Waals surface area (Å²) in [6.07, 6.45) is 0.887. The molecule has 3 aromatic carbocycles. The Hall–Kier alpha value is -3.97. The van der Waals surface area contributed by atoms with E-state index >= 15 is 0 Å². The number of amides is 1. The Bertz CT molecular complexity index is 1520. The molecule has 6 nitrogen and oxygen atoms in total. The van der Waals surface area contributed by atoms with E-state index in [0.29, 0.717) is 22.4 Å². The first-order valence-electron chi connectivity index (χ1n) is 12.3. The summed E-state index contributed by atoms with van der Waals surface area (Å²) in [5, 5.41) is 11.8. The van der Waals surface area contributed by atoms with Crippen LogP contribution in [0.1, 0.15) is 55.0 Å². The van der Waals surface area contributed by atoms with Crippen molar-refractivity contribution in [3.05, 3.63) is 94.6 Å². The van der Waals surface area contributed by atoms with Crippen molar-refractivity contribution in [2.24, 2.45) is 0 Å². The van der Waals surface area contributed by atoms with E-state index in [1.54, 1.807) is 31.4 Å². The number of hydrogen-bond donors (Lipinski definition) is 1. The van der Waals surface area contributed by atoms with Crippen molar-refractivity contribution in [1.82, 2.24) is 4.98 Å². The molecule has 0 unspecified atom stereocenters. The number of aromatic nitrogens is 1. The van der Waals surface area contributed by atoms with Crippen LogP contribution in [0.2, 0.25) is 0 Å². The third-order valence-corrected chi connectivity index (χ3v) is 7.80. The Morgan fingerprint density at radius 1 is 1.05 bits per heavy atom. The largest absolute Gasteiger partial charge is 0.507 e. The summed E-state index contributed by atoms with van der Waals surface area (Å²) in [4.78, 5) is 33.1. The standard InChI is InChI=1S/C30H28N2O4S/c1-5-18-6-15-23-24(16-18)37-30(31-23)32-26(20-9-7-19(8-10-20)17(2)3)25(28(34)29(32)35)27(33)21-11-13-22(36-4)14-12-21/h6-17,26,33H,5H2,1-4H3/t26-/m1/s1. The smallest absolute Gasteiger partial charge is 0.301 e. The Morgan fingerprint density at radius 3 is 2.38 bits per heavy atom. The van der Waals surface area contributed by atoms with Gasteiger partial charge in [0, 0.05) is 5.56 Å². The summed E-state index contributed by atoms with van der Waals surface area (Å²) in [5.74, 6) is -0.714. The minimum atomic E-state index is -0.811. The molecule has 0 saturated carbocycles. The fraction of sp³-hybridized carbons (Fsp3) is 0.233. The van der Waals surface area contributed by atoms with Gasteiger partial charge in [-0.3, -0.25) is 14.5 Å². The van der Waals surface area contributed by atoms with E-state index in [0.717, 1.165) is 27.8 Å². The number of rotatable bonds is 6. The number of thiazole rings is 1. The molecule has 37 heavy (non-hydrogen) atoms. The van der Waals surface area contributed by atoms with E-state index in [-0.39, 0.29) is 11.3 Å². The zero-order valence-corrected chi connectivity index (χ0v) is 22.0. The molecular weight excluding hydrogens is 484 g/mol. The van der Waals surface area contributed by atoms with Crippen LogP contribution in [0, 0.1) is 0 Å². The molecule has 1 N–H and O–H groups in total. The second kappa shape index (κ2) is 9.82. The Labute approximate surface area is 219 Å². The van der Waals surface area contributed by atoms with Crippen LogP contribution in [0.5, 0.6) is 5.75 Å². The number of aryl methyl sites for hydroxylation is 1. The molecule has 1 fully saturated rings. The van der Waals surface area contributed by atoms with E-state index in [2.05, 4.69) is 26.8 Å². The van der Waals surface area contributed by atoms with Gasteiger partial charge in [0.25, 0.3) is 5.78 Å². The number of Topliss-reactive ketones (excluding diaryl/α,β-unsaturated/α-hetero) is 1. The molecule has 2 heterocycles. The highest BCUT2D eigenvalue weighted by Gasteiger charge is 2.48. The lowest BCUT2D eigenvalue weighted by Gasteiger charge is -2.23. The summed E-state index contributed by atoms with van der Waals surface area (Å²) in [6.45, 7) is 6.30. The lowest BCUT2D eigenvalue weighted by molar-refractivity contribution is -0.132. The van der Waals surface area contributed by atoms with Gasteiger partial charge in [0.15, 0.2) is 5.13 Å².